The van der Waals surface area contributed by atoms with Crippen LogP contribution in [-0.2, 0) is 11.3 Å². The van der Waals surface area contributed by atoms with Gasteiger partial charge in [0, 0.05) is 44.6 Å². The summed E-state index contributed by atoms with van der Waals surface area (Å²) in [5.41, 5.74) is 4.09. The van der Waals surface area contributed by atoms with Crippen molar-refractivity contribution < 1.29 is 19.5 Å². The summed E-state index contributed by atoms with van der Waals surface area (Å²) in [5, 5.41) is 9.50. The monoisotopic (exact) mass is 470 g/mol. The summed E-state index contributed by atoms with van der Waals surface area (Å²) in [4.78, 5) is 48.3. The van der Waals surface area contributed by atoms with E-state index in [0.717, 1.165) is 16.7 Å². The lowest BCUT2D eigenvalue weighted by atomic mass is 10.0. The molecule has 1 atom stereocenters. The molecule has 0 radical (unpaired) electrons. The quantitative estimate of drug-likeness (QED) is 0.633. The van der Waals surface area contributed by atoms with Crippen LogP contribution in [0.1, 0.15) is 33.2 Å². The smallest absolute Gasteiger partial charge is 0.256 e. The predicted octanol–water partition coefficient (Wildman–Crippen LogP) is 2.57. The highest BCUT2D eigenvalue weighted by Gasteiger charge is 2.36. The molecular weight excluding hydrogens is 444 g/mol. The van der Waals surface area contributed by atoms with E-state index in [2.05, 4.69) is 4.98 Å². The maximum atomic E-state index is 13.6. The number of benzene rings is 2. The topological polar surface area (TPSA) is 94.1 Å². The molecule has 3 heterocycles. The second-order valence-electron chi connectivity index (χ2n) is 9.04. The van der Waals surface area contributed by atoms with Crippen LogP contribution in [0.15, 0.2) is 67.0 Å². The van der Waals surface area contributed by atoms with E-state index >= 15 is 0 Å². The van der Waals surface area contributed by atoms with Crippen molar-refractivity contribution in [1.82, 2.24) is 14.8 Å². The molecule has 1 saturated heterocycles. The van der Waals surface area contributed by atoms with Crippen LogP contribution in [0.2, 0.25) is 0 Å². The third-order valence-corrected chi connectivity index (χ3v) is 6.70. The van der Waals surface area contributed by atoms with Gasteiger partial charge in [-0.2, -0.15) is 0 Å². The second-order valence-corrected chi connectivity index (χ2v) is 9.04. The Kier molecular flexibility index (Phi) is 5.82. The van der Waals surface area contributed by atoms with Crippen LogP contribution in [0.4, 0.5) is 5.69 Å². The number of rotatable bonds is 4. The number of fused-ring (bicyclic) bond motifs is 1. The van der Waals surface area contributed by atoms with Crippen molar-refractivity contribution in [1.29, 1.82) is 0 Å². The van der Waals surface area contributed by atoms with Crippen molar-refractivity contribution in [3.8, 4) is 11.1 Å². The normalized spacial score (nSPS) is 18.3. The van der Waals surface area contributed by atoms with Crippen molar-refractivity contribution in [2.75, 3.05) is 25.0 Å². The number of likely N-dealkylation sites (tertiary alicyclic amines) is 1. The highest BCUT2D eigenvalue weighted by atomic mass is 16.3. The summed E-state index contributed by atoms with van der Waals surface area (Å²) in [6, 6.07) is 15.7. The first-order valence-corrected chi connectivity index (χ1v) is 11.5. The number of anilines is 1. The van der Waals surface area contributed by atoms with E-state index in [0.29, 0.717) is 29.9 Å². The molecule has 0 aliphatic carbocycles. The Morgan fingerprint density at radius 3 is 2.49 bits per heavy atom. The highest BCUT2D eigenvalue weighted by Crippen LogP contribution is 2.32. The number of aliphatic hydroxyl groups is 1. The lowest BCUT2D eigenvalue weighted by Crippen LogP contribution is -2.53. The number of hydrogen-bond acceptors (Lipinski definition) is 5. The van der Waals surface area contributed by atoms with Crippen molar-refractivity contribution in [2.24, 2.45) is 0 Å². The minimum atomic E-state index is -0.686. The van der Waals surface area contributed by atoms with Crippen molar-refractivity contribution >= 4 is 23.4 Å². The van der Waals surface area contributed by atoms with Gasteiger partial charge in [-0.3, -0.25) is 19.4 Å². The van der Waals surface area contributed by atoms with Gasteiger partial charge in [-0.1, -0.05) is 18.2 Å². The standard InChI is InChI=1S/C27H26N4O4/c1-17-25(33)29(2)24-13-20(19-8-10-28-11-9-19)6-7-23(24)27(35)31(17)14-18-4-3-5-21(12-18)26(34)30-15-22(32)16-30/h3-13,17,22,32H,14-16H2,1-2H3/t17-/m1/s1. The number of nitrogens with zero attached hydrogens (tertiary/aromatic N) is 4. The molecule has 35 heavy (non-hydrogen) atoms. The third kappa shape index (κ3) is 4.17. The molecule has 178 valence electrons. The number of aromatic nitrogens is 1. The van der Waals surface area contributed by atoms with E-state index in [1.165, 1.54) is 4.90 Å². The minimum Gasteiger partial charge on any atom is -0.389 e. The van der Waals surface area contributed by atoms with Crippen LogP contribution in [0.5, 0.6) is 0 Å². The Morgan fingerprint density at radius 1 is 1.03 bits per heavy atom. The van der Waals surface area contributed by atoms with Crippen LogP contribution in [0, 0.1) is 0 Å². The molecule has 2 aliphatic heterocycles. The fourth-order valence-corrected chi connectivity index (χ4v) is 4.59. The summed E-state index contributed by atoms with van der Waals surface area (Å²) in [5.74, 6) is -0.586. The van der Waals surface area contributed by atoms with E-state index in [1.54, 1.807) is 60.4 Å². The van der Waals surface area contributed by atoms with Gasteiger partial charge in [0.2, 0.25) is 5.91 Å². The van der Waals surface area contributed by atoms with Gasteiger partial charge in [-0.05, 0) is 60.0 Å². The fraction of sp³-hybridized carbons (Fsp3) is 0.259. The fourth-order valence-electron chi connectivity index (χ4n) is 4.59. The largest absolute Gasteiger partial charge is 0.389 e. The number of carbonyl (C=O) groups excluding carboxylic acids is 3. The van der Waals surface area contributed by atoms with Crippen molar-refractivity contribution in [3.63, 3.8) is 0 Å². The number of pyridine rings is 1. The van der Waals surface area contributed by atoms with Crippen LogP contribution in [-0.4, -0.2) is 69.9 Å². The molecule has 1 aromatic heterocycles. The molecule has 0 saturated carbocycles. The number of hydrogen-bond donors (Lipinski definition) is 1. The number of amides is 3. The summed E-state index contributed by atoms with van der Waals surface area (Å²) in [7, 11) is 1.69. The van der Waals surface area contributed by atoms with Gasteiger partial charge < -0.3 is 19.8 Å². The molecule has 2 aliphatic rings. The molecule has 5 rings (SSSR count). The van der Waals surface area contributed by atoms with E-state index in [-0.39, 0.29) is 24.3 Å². The average molecular weight is 471 g/mol. The molecule has 0 bridgehead atoms. The van der Waals surface area contributed by atoms with Gasteiger partial charge in [0.1, 0.15) is 6.04 Å². The number of β-amino-alcohol motifs (C(OH)–C–C–N with tert-alkyl or cyclic N) is 1. The first-order valence-electron chi connectivity index (χ1n) is 11.5. The first kappa shape index (κ1) is 22.7. The lowest BCUT2D eigenvalue weighted by Gasteiger charge is -2.36. The summed E-state index contributed by atoms with van der Waals surface area (Å²) >= 11 is 0. The molecule has 0 spiro atoms. The molecule has 1 fully saturated rings. The zero-order valence-corrected chi connectivity index (χ0v) is 19.6. The van der Waals surface area contributed by atoms with Crippen molar-refractivity contribution in [3.05, 3.63) is 83.7 Å². The minimum absolute atomic E-state index is 0.155. The number of aliphatic hydroxyl groups excluding tert-OH is 1. The Labute approximate surface area is 203 Å². The molecule has 2 aromatic carbocycles. The molecule has 3 aromatic rings. The van der Waals surface area contributed by atoms with E-state index in [4.69, 9.17) is 0 Å². The third-order valence-electron chi connectivity index (χ3n) is 6.70. The summed E-state index contributed by atoms with van der Waals surface area (Å²) in [6.07, 6.45) is 2.93. The SMILES string of the molecule is C[C@@H]1C(=O)N(C)c2cc(-c3ccncc3)ccc2C(=O)N1Cc1cccc(C(=O)N2CC(O)C2)c1. The Bertz CT molecular complexity index is 1300. The molecule has 0 unspecified atom stereocenters. The van der Waals surface area contributed by atoms with E-state index in [9.17, 15) is 19.5 Å². The van der Waals surface area contributed by atoms with Gasteiger partial charge in [-0.15, -0.1) is 0 Å². The van der Waals surface area contributed by atoms with Gasteiger partial charge in [0.25, 0.3) is 11.8 Å². The van der Waals surface area contributed by atoms with Crippen LogP contribution >= 0.6 is 0 Å². The predicted molar refractivity (Wildman–Crippen MR) is 131 cm³/mol. The van der Waals surface area contributed by atoms with Gasteiger partial charge in [-0.25, -0.2) is 0 Å². The molecular formula is C27H26N4O4. The summed E-state index contributed by atoms with van der Waals surface area (Å²) < 4.78 is 0. The molecule has 8 heteroatoms. The first-order chi connectivity index (χ1) is 16.8. The average Bonchev–Trinajstić information content (AvgIpc) is 2.93. The molecule has 1 N–H and O–H groups in total. The maximum absolute atomic E-state index is 13.6. The zero-order valence-electron chi connectivity index (χ0n) is 19.6. The van der Waals surface area contributed by atoms with Crippen LogP contribution < -0.4 is 4.90 Å². The van der Waals surface area contributed by atoms with Gasteiger partial charge >= 0.3 is 0 Å². The van der Waals surface area contributed by atoms with Gasteiger partial charge in [0.05, 0.1) is 17.4 Å². The number of likely N-dealkylation sites (N-methyl/N-ethyl adjacent to an activating group) is 1. The Balaban J connectivity index is 1.45. The van der Waals surface area contributed by atoms with E-state index in [1.807, 2.05) is 30.3 Å². The molecule has 8 nitrogen and oxygen atoms in total. The highest BCUT2D eigenvalue weighted by molar-refractivity contribution is 6.11. The lowest BCUT2D eigenvalue weighted by molar-refractivity contribution is -0.122. The summed E-state index contributed by atoms with van der Waals surface area (Å²) in [6.45, 7) is 2.56. The Hall–Kier alpha value is -4.04. The zero-order chi connectivity index (χ0) is 24.7. The second kappa shape index (κ2) is 8.96. The van der Waals surface area contributed by atoms with Crippen LogP contribution in [0.3, 0.4) is 0 Å². The Morgan fingerprint density at radius 2 is 1.77 bits per heavy atom. The van der Waals surface area contributed by atoms with Crippen LogP contribution in [0.25, 0.3) is 11.1 Å². The van der Waals surface area contributed by atoms with E-state index < -0.39 is 12.1 Å². The van der Waals surface area contributed by atoms with Gasteiger partial charge in [0.15, 0.2) is 0 Å². The van der Waals surface area contributed by atoms with Crippen molar-refractivity contribution in [2.45, 2.75) is 25.6 Å². The molecule has 3 amide bonds. The maximum Gasteiger partial charge on any atom is 0.256 e. The number of carbonyl (C=O) groups is 3.